The first-order valence-corrected chi connectivity index (χ1v) is 3.19. The normalized spacial score (nSPS) is 23.8. The summed E-state index contributed by atoms with van der Waals surface area (Å²) in [5.74, 6) is -0.960. The summed E-state index contributed by atoms with van der Waals surface area (Å²) in [5.41, 5.74) is 0. The fourth-order valence-corrected chi connectivity index (χ4v) is 0.886. The van der Waals surface area contributed by atoms with Crippen molar-refractivity contribution in [2.24, 2.45) is 0 Å². The number of nitro groups is 1. The molecule has 0 amide bonds. The van der Waals surface area contributed by atoms with E-state index in [1.807, 2.05) is 0 Å². The summed E-state index contributed by atoms with van der Waals surface area (Å²) in [6.45, 7) is 0. The standard InChI is InChI=1S/C4HCl2NO4/c5-1-2(6)4(8)11-3(1)7(9)10/h3H/t3-/m1/s1. The van der Waals surface area contributed by atoms with Gasteiger partial charge in [0.1, 0.15) is 0 Å². The van der Waals surface area contributed by atoms with Crippen molar-refractivity contribution in [3.05, 3.63) is 20.2 Å². The minimum atomic E-state index is -1.63. The zero-order chi connectivity index (χ0) is 8.59. The number of carbonyl (C=O) groups excluding carboxylic acids is 1. The zero-order valence-electron chi connectivity index (χ0n) is 4.91. The van der Waals surface area contributed by atoms with Crippen LogP contribution in [0.5, 0.6) is 0 Å². The Labute approximate surface area is 70.7 Å². The number of cyclic esters (lactones) is 1. The van der Waals surface area contributed by atoms with Gasteiger partial charge in [0.15, 0.2) is 10.1 Å². The van der Waals surface area contributed by atoms with Crippen LogP contribution in [0.15, 0.2) is 10.1 Å². The lowest BCUT2D eigenvalue weighted by molar-refractivity contribution is -0.552. The highest BCUT2D eigenvalue weighted by Crippen LogP contribution is 2.28. The lowest BCUT2D eigenvalue weighted by Crippen LogP contribution is -2.20. The number of rotatable bonds is 1. The number of carbonyl (C=O) groups is 1. The van der Waals surface area contributed by atoms with Crippen LogP contribution >= 0.6 is 23.2 Å². The van der Waals surface area contributed by atoms with E-state index < -0.39 is 22.2 Å². The largest absolute Gasteiger partial charge is 0.395 e. The first-order chi connectivity index (χ1) is 5.04. The monoisotopic (exact) mass is 197 g/mol. The molecule has 7 heteroatoms. The second kappa shape index (κ2) is 2.67. The lowest BCUT2D eigenvalue weighted by atomic mass is 10.5. The Kier molecular flexibility index (Phi) is 2.01. The molecule has 1 atom stereocenters. The van der Waals surface area contributed by atoms with E-state index in [-0.39, 0.29) is 5.03 Å². The maximum atomic E-state index is 10.5. The van der Waals surface area contributed by atoms with Crippen LogP contribution in [0, 0.1) is 10.1 Å². The molecule has 0 aromatic rings. The van der Waals surface area contributed by atoms with Gasteiger partial charge in [-0.1, -0.05) is 23.2 Å². The molecule has 0 unspecified atom stereocenters. The van der Waals surface area contributed by atoms with Gasteiger partial charge in [0.2, 0.25) is 0 Å². The average molecular weight is 198 g/mol. The van der Waals surface area contributed by atoms with E-state index in [9.17, 15) is 14.9 Å². The summed E-state index contributed by atoms with van der Waals surface area (Å²) < 4.78 is 4.17. The molecule has 0 aromatic heterocycles. The van der Waals surface area contributed by atoms with E-state index in [1.54, 1.807) is 0 Å². The van der Waals surface area contributed by atoms with Crippen LogP contribution in [0.25, 0.3) is 0 Å². The first-order valence-electron chi connectivity index (χ1n) is 2.43. The summed E-state index contributed by atoms with van der Waals surface area (Å²) in [7, 11) is 0. The highest BCUT2D eigenvalue weighted by Gasteiger charge is 2.40. The SMILES string of the molecule is O=C1O[C@@H]([N+](=O)[O-])C(Cl)=C1Cl. The van der Waals surface area contributed by atoms with Crippen molar-refractivity contribution in [3.8, 4) is 0 Å². The fraction of sp³-hybridized carbons (Fsp3) is 0.250. The van der Waals surface area contributed by atoms with Gasteiger partial charge in [-0.2, -0.15) is 0 Å². The molecular formula is C4HCl2NO4. The third-order valence-corrected chi connectivity index (χ3v) is 1.85. The van der Waals surface area contributed by atoms with Gasteiger partial charge in [-0.05, 0) is 0 Å². The molecule has 0 fully saturated rings. The smallest absolute Gasteiger partial charge is 0.389 e. The molecule has 0 bridgehead atoms. The van der Waals surface area contributed by atoms with Gasteiger partial charge in [0, 0.05) is 0 Å². The molecule has 0 aliphatic carbocycles. The van der Waals surface area contributed by atoms with E-state index in [0.717, 1.165) is 0 Å². The van der Waals surface area contributed by atoms with Crippen molar-refractivity contribution in [1.29, 1.82) is 0 Å². The van der Waals surface area contributed by atoms with E-state index in [2.05, 4.69) is 4.74 Å². The van der Waals surface area contributed by atoms with E-state index in [1.165, 1.54) is 0 Å². The Bertz CT molecular complexity index is 261. The van der Waals surface area contributed by atoms with Crippen molar-refractivity contribution in [2.75, 3.05) is 0 Å². The first kappa shape index (κ1) is 8.29. The van der Waals surface area contributed by atoms with Crippen molar-refractivity contribution >= 4 is 29.2 Å². The number of hydrogen-bond acceptors (Lipinski definition) is 4. The maximum Gasteiger partial charge on any atom is 0.395 e. The lowest BCUT2D eigenvalue weighted by Gasteiger charge is -1.98. The predicted octanol–water partition coefficient (Wildman–Crippen LogP) is 0.835. The Morgan fingerprint density at radius 1 is 1.55 bits per heavy atom. The van der Waals surface area contributed by atoms with Crippen LogP contribution < -0.4 is 0 Å². The molecule has 0 saturated carbocycles. The second-order valence-electron chi connectivity index (χ2n) is 1.70. The number of hydrogen-bond donors (Lipinski definition) is 0. The topological polar surface area (TPSA) is 69.4 Å². The van der Waals surface area contributed by atoms with Gasteiger partial charge in [-0.3, -0.25) is 10.1 Å². The molecule has 0 radical (unpaired) electrons. The highest BCUT2D eigenvalue weighted by molar-refractivity contribution is 6.48. The average Bonchev–Trinajstić information content (AvgIpc) is 2.17. The Balaban J connectivity index is 2.95. The molecule has 1 aliphatic heterocycles. The molecule has 0 N–H and O–H groups in total. The van der Waals surface area contributed by atoms with E-state index >= 15 is 0 Å². The van der Waals surface area contributed by atoms with Gasteiger partial charge in [-0.25, -0.2) is 4.79 Å². The molecule has 1 aliphatic rings. The molecule has 11 heavy (non-hydrogen) atoms. The second-order valence-corrected chi connectivity index (χ2v) is 2.49. The Morgan fingerprint density at radius 3 is 2.27 bits per heavy atom. The van der Waals surface area contributed by atoms with Crippen LogP contribution in [-0.2, 0) is 9.53 Å². The minimum absolute atomic E-state index is 0.373. The number of ether oxygens (including phenoxy) is 1. The van der Waals surface area contributed by atoms with Crippen molar-refractivity contribution < 1.29 is 14.5 Å². The Hall–Kier alpha value is -0.810. The number of halogens is 2. The number of esters is 1. The summed E-state index contributed by atoms with van der Waals surface area (Å²) in [4.78, 5) is 19.7. The van der Waals surface area contributed by atoms with Crippen LogP contribution in [-0.4, -0.2) is 17.1 Å². The maximum absolute atomic E-state index is 10.5. The third-order valence-electron chi connectivity index (χ3n) is 1.02. The van der Waals surface area contributed by atoms with Crippen molar-refractivity contribution in [2.45, 2.75) is 6.23 Å². The molecule has 5 nitrogen and oxygen atoms in total. The number of nitrogens with zero attached hydrogens (tertiary/aromatic N) is 1. The van der Waals surface area contributed by atoms with E-state index in [4.69, 9.17) is 23.2 Å². The highest BCUT2D eigenvalue weighted by atomic mass is 35.5. The van der Waals surface area contributed by atoms with E-state index in [0.29, 0.717) is 0 Å². The van der Waals surface area contributed by atoms with Crippen LogP contribution in [0.3, 0.4) is 0 Å². The predicted molar refractivity (Wildman–Crippen MR) is 35.6 cm³/mol. The molecule has 0 aromatic carbocycles. The zero-order valence-corrected chi connectivity index (χ0v) is 6.43. The van der Waals surface area contributed by atoms with Crippen LogP contribution in [0.4, 0.5) is 0 Å². The summed E-state index contributed by atoms with van der Waals surface area (Å²) in [5, 5.41) is 9.26. The molecule has 1 heterocycles. The molecule has 0 saturated heterocycles. The molecular weight excluding hydrogens is 197 g/mol. The van der Waals surface area contributed by atoms with Gasteiger partial charge in [0.25, 0.3) is 0 Å². The third kappa shape index (κ3) is 1.29. The minimum Gasteiger partial charge on any atom is -0.389 e. The van der Waals surface area contributed by atoms with Gasteiger partial charge in [-0.15, -0.1) is 0 Å². The van der Waals surface area contributed by atoms with Crippen molar-refractivity contribution in [3.63, 3.8) is 0 Å². The molecule has 0 spiro atoms. The van der Waals surface area contributed by atoms with Gasteiger partial charge < -0.3 is 4.74 Å². The van der Waals surface area contributed by atoms with Gasteiger partial charge in [0.05, 0.1) is 4.92 Å². The summed E-state index contributed by atoms with van der Waals surface area (Å²) >= 11 is 10.5. The quantitative estimate of drug-likeness (QED) is 0.355. The van der Waals surface area contributed by atoms with Crippen molar-refractivity contribution in [1.82, 2.24) is 0 Å². The Morgan fingerprint density at radius 2 is 2.09 bits per heavy atom. The van der Waals surface area contributed by atoms with Crippen LogP contribution in [0.1, 0.15) is 0 Å². The van der Waals surface area contributed by atoms with Crippen LogP contribution in [0.2, 0.25) is 0 Å². The summed E-state index contributed by atoms with van der Waals surface area (Å²) in [6.07, 6.45) is -1.63. The molecule has 1 rings (SSSR count). The summed E-state index contributed by atoms with van der Waals surface area (Å²) in [6, 6.07) is 0. The fourth-order valence-electron chi connectivity index (χ4n) is 0.546. The molecule has 60 valence electrons. The van der Waals surface area contributed by atoms with Gasteiger partial charge >= 0.3 is 12.2 Å².